The van der Waals surface area contributed by atoms with Crippen LogP contribution in [0.5, 0.6) is 5.75 Å². The molecule has 3 atom stereocenters. The molecule has 0 spiro atoms. The number of aliphatic imine (C=N–C) groups is 1. The highest BCUT2D eigenvalue weighted by Gasteiger charge is 2.42. The summed E-state index contributed by atoms with van der Waals surface area (Å²) in [5, 5.41) is 5.73. The second-order valence-electron chi connectivity index (χ2n) is 8.08. The van der Waals surface area contributed by atoms with E-state index in [1.807, 2.05) is 18.2 Å². The summed E-state index contributed by atoms with van der Waals surface area (Å²) in [5.41, 5.74) is 5.26. The third-order valence-corrected chi connectivity index (χ3v) is 7.06. The van der Waals surface area contributed by atoms with E-state index in [2.05, 4.69) is 54.0 Å². The van der Waals surface area contributed by atoms with Gasteiger partial charge in [-0.25, -0.2) is 0 Å². The lowest BCUT2D eigenvalue weighted by Gasteiger charge is -2.33. The van der Waals surface area contributed by atoms with Crippen LogP contribution in [0.1, 0.15) is 40.8 Å². The van der Waals surface area contributed by atoms with Crippen molar-refractivity contribution >= 4 is 34.2 Å². The predicted molar refractivity (Wildman–Crippen MR) is 122 cm³/mol. The summed E-state index contributed by atoms with van der Waals surface area (Å²) >= 11 is 1.69. The molecule has 30 heavy (non-hydrogen) atoms. The predicted octanol–water partition coefficient (Wildman–Crippen LogP) is 6.07. The topological polar surface area (TPSA) is 50.7 Å². The van der Waals surface area contributed by atoms with Gasteiger partial charge in [-0.3, -0.25) is 9.79 Å². The van der Waals surface area contributed by atoms with E-state index in [0.29, 0.717) is 6.42 Å². The van der Waals surface area contributed by atoms with Crippen LogP contribution < -0.4 is 10.1 Å². The van der Waals surface area contributed by atoms with E-state index in [9.17, 15) is 4.79 Å². The van der Waals surface area contributed by atoms with Gasteiger partial charge in [0.1, 0.15) is 11.5 Å². The highest BCUT2D eigenvalue weighted by molar-refractivity contribution is 7.10. The number of Topliss-reactive ketones (excluding diaryl/α,β-unsaturated/α-hetero) is 1. The molecule has 0 amide bonds. The average Bonchev–Trinajstić information content (AvgIpc) is 3.23. The monoisotopic (exact) mass is 416 g/mol. The molecule has 1 aliphatic carbocycles. The maximum Gasteiger partial charge on any atom is 0.144 e. The van der Waals surface area contributed by atoms with E-state index in [1.165, 1.54) is 16.0 Å². The molecule has 2 aromatic carbocycles. The maximum absolute atomic E-state index is 13.5. The number of fused-ring (bicyclic) bond motifs is 2. The van der Waals surface area contributed by atoms with Gasteiger partial charge in [0.15, 0.2) is 0 Å². The van der Waals surface area contributed by atoms with Crippen LogP contribution in [0.3, 0.4) is 0 Å². The molecule has 5 rings (SSSR count). The smallest absolute Gasteiger partial charge is 0.144 e. The first-order valence-corrected chi connectivity index (χ1v) is 11.1. The number of rotatable bonds is 3. The van der Waals surface area contributed by atoms with Crippen molar-refractivity contribution in [2.45, 2.75) is 31.7 Å². The lowest BCUT2D eigenvalue weighted by atomic mass is 9.73. The molecule has 1 fully saturated rings. The van der Waals surface area contributed by atoms with Crippen molar-refractivity contribution in [2.24, 2.45) is 10.9 Å². The highest BCUT2D eigenvalue weighted by atomic mass is 32.1. The molecule has 1 saturated carbocycles. The average molecular weight is 417 g/mol. The van der Waals surface area contributed by atoms with Gasteiger partial charge in [-0.1, -0.05) is 24.3 Å². The molecule has 0 radical (unpaired) electrons. The number of ether oxygens (including phenoxy) is 1. The summed E-state index contributed by atoms with van der Waals surface area (Å²) in [7, 11) is 1.67. The van der Waals surface area contributed by atoms with Gasteiger partial charge in [-0.2, -0.15) is 0 Å². The van der Waals surface area contributed by atoms with E-state index in [4.69, 9.17) is 9.73 Å². The van der Waals surface area contributed by atoms with E-state index in [1.54, 1.807) is 18.4 Å². The Bertz CT molecular complexity index is 1100. The standard InChI is InChI=1S/C25H24N2O2S/c1-15-5-10-19-20(12-15)27-25(23-4-3-11-30-23)24-21(26-19)13-17(14-22(24)28)16-6-8-18(29-2)9-7-16/h3-12,17,24-25,27H,13-14H2,1-2H3/t17-,24+,25-/m1/s1. The molecule has 5 heteroatoms. The van der Waals surface area contributed by atoms with Gasteiger partial charge in [0.25, 0.3) is 0 Å². The van der Waals surface area contributed by atoms with Crippen molar-refractivity contribution in [3.63, 3.8) is 0 Å². The number of thiophene rings is 1. The number of nitrogens with zero attached hydrogens (tertiary/aromatic N) is 1. The summed E-state index contributed by atoms with van der Waals surface area (Å²) in [4.78, 5) is 19.7. The summed E-state index contributed by atoms with van der Waals surface area (Å²) in [6, 6.07) is 18.4. The molecule has 152 valence electrons. The minimum atomic E-state index is -0.231. The number of carbonyl (C=O) groups is 1. The SMILES string of the molecule is COc1ccc([C@H]2CC(=O)[C@@H]3C(=Nc4ccc(C)cc4N[C@@H]3c3cccs3)C2)cc1. The molecule has 0 bridgehead atoms. The fraction of sp³-hybridized carbons (Fsp3) is 0.280. The van der Waals surface area contributed by atoms with Crippen LogP contribution in [0.4, 0.5) is 11.4 Å². The fourth-order valence-electron chi connectivity index (χ4n) is 4.58. The minimum absolute atomic E-state index is 0.0730. The van der Waals surface area contributed by atoms with Crippen LogP contribution in [0.25, 0.3) is 0 Å². The lowest BCUT2D eigenvalue weighted by Crippen LogP contribution is -2.38. The summed E-state index contributed by atoms with van der Waals surface area (Å²) in [6.45, 7) is 2.08. The van der Waals surface area contributed by atoms with Crippen LogP contribution >= 0.6 is 11.3 Å². The number of ketones is 1. The van der Waals surface area contributed by atoms with Gasteiger partial charge < -0.3 is 10.1 Å². The van der Waals surface area contributed by atoms with Gasteiger partial charge in [-0.05, 0) is 66.1 Å². The molecule has 1 N–H and O–H groups in total. The van der Waals surface area contributed by atoms with Gasteiger partial charge in [0.05, 0.1) is 30.4 Å². The zero-order valence-corrected chi connectivity index (χ0v) is 17.9. The fourth-order valence-corrected chi connectivity index (χ4v) is 5.40. The minimum Gasteiger partial charge on any atom is -0.497 e. The molecular formula is C25H24N2O2S. The molecular weight excluding hydrogens is 392 g/mol. The second-order valence-corrected chi connectivity index (χ2v) is 9.06. The molecule has 4 nitrogen and oxygen atoms in total. The Morgan fingerprint density at radius 1 is 1.10 bits per heavy atom. The highest BCUT2D eigenvalue weighted by Crippen LogP contribution is 2.45. The molecule has 2 aliphatic rings. The van der Waals surface area contributed by atoms with Gasteiger partial charge in [-0.15, -0.1) is 11.3 Å². The maximum atomic E-state index is 13.5. The van der Waals surface area contributed by atoms with E-state index in [-0.39, 0.29) is 23.7 Å². The molecule has 0 saturated heterocycles. The molecule has 2 heterocycles. The molecule has 1 aliphatic heterocycles. The number of methoxy groups -OCH3 is 1. The van der Waals surface area contributed by atoms with Crippen molar-refractivity contribution in [2.75, 3.05) is 12.4 Å². The van der Waals surface area contributed by atoms with Gasteiger partial charge >= 0.3 is 0 Å². The Kier molecular flexibility index (Phi) is 4.91. The van der Waals surface area contributed by atoms with Crippen LogP contribution in [-0.2, 0) is 4.79 Å². The number of aryl methyl sites for hydroxylation is 1. The summed E-state index contributed by atoms with van der Waals surface area (Å²) in [6.07, 6.45) is 1.33. The van der Waals surface area contributed by atoms with Crippen molar-refractivity contribution in [1.29, 1.82) is 0 Å². The number of hydrogen-bond donors (Lipinski definition) is 1. The Labute approximate surface area is 180 Å². The zero-order valence-electron chi connectivity index (χ0n) is 17.1. The Hall–Kier alpha value is -2.92. The Morgan fingerprint density at radius 3 is 2.67 bits per heavy atom. The zero-order chi connectivity index (χ0) is 20.7. The normalized spacial score (nSPS) is 22.9. The number of nitrogens with one attached hydrogen (secondary N) is 1. The summed E-state index contributed by atoms with van der Waals surface area (Å²) < 4.78 is 5.29. The number of hydrogen-bond acceptors (Lipinski definition) is 5. The van der Waals surface area contributed by atoms with Crippen LogP contribution in [0.15, 0.2) is 65.0 Å². The van der Waals surface area contributed by atoms with E-state index >= 15 is 0 Å². The van der Waals surface area contributed by atoms with Gasteiger partial charge in [0, 0.05) is 17.0 Å². The number of carbonyl (C=O) groups excluding carboxylic acids is 1. The number of anilines is 1. The lowest BCUT2D eigenvalue weighted by molar-refractivity contribution is -0.122. The quantitative estimate of drug-likeness (QED) is 0.564. The second kappa shape index (κ2) is 7.73. The van der Waals surface area contributed by atoms with Crippen LogP contribution in [-0.4, -0.2) is 18.6 Å². The largest absolute Gasteiger partial charge is 0.497 e. The molecule has 3 aromatic rings. The summed E-state index contributed by atoms with van der Waals surface area (Å²) in [5.74, 6) is 1.01. The van der Waals surface area contributed by atoms with Crippen LogP contribution in [0, 0.1) is 12.8 Å². The van der Waals surface area contributed by atoms with Crippen molar-refractivity contribution in [3.05, 3.63) is 76.0 Å². The number of benzene rings is 2. The third-order valence-electron chi connectivity index (χ3n) is 6.11. The molecule has 1 aromatic heterocycles. The first-order valence-electron chi connectivity index (χ1n) is 10.3. The van der Waals surface area contributed by atoms with Crippen molar-refractivity contribution < 1.29 is 9.53 Å². The van der Waals surface area contributed by atoms with Crippen LogP contribution in [0.2, 0.25) is 0 Å². The van der Waals surface area contributed by atoms with E-state index < -0.39 is 0 Å². The van der Waals surface area contributed by atoms with Crippen molar-refractivity contribution in [1.82, 2.24) is 0 Å². The first kappa shape index (κ1) is 19.1. The third kappa shape index (κ3) is 3.43. The van der Waals surface area contributed by atoms with E-state index in [0.717, 1.165) is 29.3 Å². The van der Waals surface area contributed by atoms with Crippen molar-refractivity contribution in [3.8, 4) is 5.75 Å². The first-order chi connectivity index (χ1) is 14.6. The molecule has 0 unspecified atom stereocenters. The Morgan fingerprint density at radius 2 is 1.93 bits per heavy atom. The van der Waals surface area contributed by atoms with Gasteiger partial charge in [0.2, 0.25) is 0 Å². The Balaban J connectivity index is 1.56.